The molecule has 1 aromatic rings. The number of hydrogen-bond acceptors (Lipinski definition) is 3. The molecular weight excluding hydrogens is 286 g/mol. The normalized spacial score (nSPS) is 10.2. The molecule has 0 aliphatic rings. The van der Waals surface area contributed by atoms with Crippen molar-refractivity contribution in [2.75, 3.05) is 0 Å². The number of carbonyl (C=O) groups is 1. The molecule has 0 aromatic carbocycles. The third-order valence-electron chi connectivity index (χ3n) is 1.90. The lowest BCUT2D eigenvalue weighted by Gasteiger charge is -2.09. The monoisotopic (exact) mass is 290 g/mol. The lowest BCUT2D eigenvalue weighted by Crippen LogP contribution is -2.09. The molecule has 1 N–H and O–H groups in total. The van der Waals surface area contributed by atoms with Gasteiger partial charge in [0.25, 0.3) is 6.43 Å². The molecule has 0 spiro atoms. The zero-order chi connectivity index (χ0) is 12.3. The fourth-order valence-electron chi connectivity index (χ4n) is 1.18. The topological polar surface area (TPSA) is 74.0 Å². The molecule has 0 fully saturated rings. The molecule has 84 valence electrons. The van der Waals surface area contributed by atoms with Gasteiger partial charge in [0.05, 0.1) is 5.56 Å². The predicted molar refractivity (Wildman–Crippen MR) is 53.5 cm³/mol. The first kappa shape index (κ1) is 12.5. The maximum absolute atomic E-state index is 12.5. The van der Waals surface area contributed by atoms with Gasteiger partial charge in [-0.15, -0.1) is 0 Å². The number of aromatic nitrogens is 1. The molecule has 0 amide bonds. The van der Waals surface area contributed by atoms with E-state index in [1.54, 1.807) is 6.07 Å². The summed E-state index contributed by atoms with van der Waals surface area (Å²) in [5.74, 6) is -1.42. The molecule has 4 nitrogen and oxygen atoms in total. The number of halogens is 3. The summed E-state index contributed by atoms with van der Waals surface area (Å²) in [6, 6.07) is 1.59. The zero-order valence-electron chi connectivity index (χ0n) is 7.75. The SMILES string of the molecule is N#Cc1c(C(=O)O)ncc(C(F)F)c1CBr. The van der Waals surface area contributed by atoms with E-state index in [-0.39, 0.29) is 16.5 Å². The zero-order valence-corrected chi connectivity index (χ0v) is 9.33. The first-order valence-corrected chi connectivity index (χ1v) is 5.14. The molecule has 1 rings (SSSR count). The Bertz CT molecular complexity index is 471. The maximum Gasteiger partial charge on any atom is 0.355 e. The Morgan fingerprint density at radius 1 is 1.69 bits per heavy atom. The van der Waals surface area contributed by atoms with E-state index in [4.69, 9.17) is 10.4 Å². The van der Waals surface area contributed by atoms with Crippen molar-refractivity contribution in [1.29, 1.82) is 5.26 Å². The molecule has 16 heavy (non-hydrogen) atoms. The number of carboxylic acid groups (broad SMARTS) is 1. The van der Waals surface area contributed by atoms with E-state index < -0.39 is 23.7 Å². The van der Waals surface area contributed by atoms with Crippen molar-refractivity contribution in [3.63, 3.8) is 0 Å². The summed E-state index contributed by atoms with van der Waals surface area (Å²) in [4.78, 5) is 14.1. The van der Waals surface area contributed by atoms with Gasteiger partial charge in [-0.1, -0.05) is 15.9 Å². The smallest absolute Gasteiger partial charge is 0.355 e. The van der Waals surface area contributed by atoms with Crippen LogP contribution in [0.3, 0.4) is 0 Å². The van der Waals surface area contributed by atoms with E-state index in [0.29, 0.717) is 0 Å². The van der Waals surface area contributed by atoms with E-state index in [9.17, 15) is 13.6 Å². The largest absolute Gasteiger partial charge is 0.476 e. The van der Waals surface area contributed by atoms with Crippen LogP contribution in [-0.2, 0) is 5.33 Å². The van der Waals surface area contributed by atoms with Gasteiger partial charge in [-0.3, -0.25) is 0 Å². The van der Waals surface area contributed by atoms with E-state index in [1.165, 1.54) is 0 Å². The van der Waals surface area contributed by atoms with Gasteiger partial charge in [0, 0.05) is 17.1 Å². The summed E-state index contributed by atoms with van der Waals surface area (Å²) in [6.45, 7) is 0. The molecule has 0 bridgehead atoms. The fraction of sp³-hybridized carbons (Fsp3) is 0.222. The van der Waals surface area contributed by atoms with Gasteiger partial charge in [-0.05, 0) is 5.56 Å². The molecular formula is C9H5BrF2N2O2. The lowest BCUT2D eigenvalue weighted by molar-refractivity contribution is 0.0689. The van der Waals surface area contributed by atoms with Gasteiger partial charge in [0.15, 0.2) is 5.69 Å². The van der Waals surface area contributed by atoms with Gasteiger partial charge in [-0.2, -0.15) is 5.26 Å². The van der Waals surface area contributed by atoms with Gasteiger partial charge in [0.1, 0.15) is 6.07 Å². The van der Waals surface area contributed by atoms with Crippen LogP contribution in [0.25, 0.3) is 0 Å². The average molecular weight is 291 g/mol. The van der Waals surface area contributed by atoms with Crippen LogP contribution in [-0.4, -0.2) is 16.1 Å². The van der Waals surface area contributed by atoms with Crippen LogP contribution >= 0.6 is 15.9 Å². The minimum Gasteiger partial charge on any atom is -0.476 e. The lowest BCUT2D eigenvalue weighted by atomic mass is 10.0. The van der Waals surface area contributed by atoms with Crippen molar-refractivity contribution >= 4 is 21.9 Å². The Morgan fingerprint density at radius 3 is 2.69 bits per heavy atom. The molecule has 1 aromatic heterocycles. The van der Waals surface area contributed by atoms with Crippen LogP contribution in [0.15, 0.2) is 6.20 Å². The van der Waals surface area contributed by atoms with Crippen molar-refractivity contribution in [3.05, 3.63) is 28.6 Å². The summed E-state index contributed by atoms with van der Waals surface area (Å²) in [5.41, 5.74) is -1.31. The van der Waals surface area contributed by atoms with Crippen LogP contribution in [0.5, 0.6) is 0 Å². The number of nitriles is 1. The summed E-state index contributed by atoms with van der Waals surface area (Å²) in [6.07, 6.45) is -2.01. The highest BCUT2D eigenvalue weighted by atomic mass is 79.9. The molecule has 0 saturated heterocycles. The van der Waals surface area contributed by atoms with Gasteiger partial charge < -0.3 is 5.11 Å². The third-order valence-corrected chi connectivity index (χ3v) is 2.46. The van der Waals surface area contributed by atoms with Crippen molar-refractivity contribution in [2.24, 2.45) is 0 Å². The maximum atomic E-state index is 12.5. The Kier molecular flexibility index (Phi) is 3.90. The first-order valence-electron chi connectivity index (χ1n) is 4.02. The van der Waals surface area contributed by atoms with Crippen molar-refractivity contribution in [1.82, 2.24) is 4.98 Å². The van der Waals surface area contributed by atoms with E-state index in [1.807, 2.05) is 0 Å². The highest BCUT2D eigenvalue weighted by molar-refractivity contribution is 9.08. The Labute approximate surface area is 97.7 Å². The van der Waals surface area contributed by atoms with Crippen LogP contribution in [0, 0.1) is 11.3 Å². The van der Waals surface area contributed by atoms with E-state index in [2.05, 4.69) is 20.9 Å². The standard InChI is InChI=1S/C9H5BrF2N2O2/c10-1-4-5(2-13)7(9(15)16)14-3-6(4)8(11)12/h3,8H,1H2,(H,15,16). The van der Waals surface area contributed by atoms with Crippen molar-refractivity contribution < 1.29 is 18.7 Å². The molecule has 1 heterocycles. The Balaban J connectivity index is 3.54. The Hall–Kier alpha value is -1.55. The number of rotatable bonds is 3. The minimum absolute atomic E-state index is 0.0294. The van der Waals surface area contributed by atoms with Crippen LogP contribution in [0.1, 0.15) is 33.6 Å². The van der Waals surface area contributed by atoms with Crippen molar-refractivity contribution in [2.45, 2.75) is 11.8 Å². The average Bonchev–Trinajstić information content (AvgIpc) is 2.26. The Morgan fingerprint density at radius 2 is 2.31 bits per heavy atom. The summed E-state index contributed by atoms with van der Waals surface area (Å²) in [5, 5.41) is 17.5. The predicted octanol–water partition coefficient (Wildman–Crippen LogP) is 2.48. The molecule has 0 aliphatic carbocycles. The number of carboxylic acids is 1. The van der Waals surface area contributed by atoms with Crippen LogP contribution < -0.4 is 0 Å². The first-order chi connectivity index (χ1) is 7.52. The van der Waals surface area contributed by atoms with E-state index in [0.717, 1.165) is 6.20 Å². The number of hydrogen-bond donors (Lipinski definition) is 1. The van der Waals surface area contributed by atoms with Gasteiger partial charge in [-0.25, -0.2) is 18.6 Å². The third kappa shape index (κ3) is 2.17. The number of pyridine rings is 1. The second-order valence-electron chi connectivity index (χ2n) is 2.77. The number of aromatic carboxylic acids is 1. The quantitative estimate of drug-likeness (QED) is 0.868. The minimum atomic E-state index is -2.80. The molecule has 0 radical (unpaired) electrons. The summed E-state index contributed by atoms with van der Waals surface area (Å²) < 4.78 is 25.1. The number of nitrogens with zero attached hydrogens (tertiary/aromatic N) is 2. The summed E-state index contributed by atoms with van der Waals surface area (Å²) in [7, 11) is 0. The van der Waals surface area contributed by atoms with Gasteiger partial charge in [0.2, 0.25) is 0 Å². The van der Waals surface area contributed by atoms with E-state index >= 15 is 0 Å². The highest BCUT2D eigenvalue weighted by Crippen LogP contribution is 2.27. The van der Waals surface area contributed by atoms with Crippen LogP contribution in [0.2, 0.25) is 0 Å². The number of alkyl halides is 3. The molecule has 7 heteroatoms. The van der Waals surface area contributed by atoms with Gasteiger partial charge >= 0.3 is 5.97 Å². The second kappa shape index (κ2) is 4.99. The molecule has 0 unspecified atom stereocenters. The molecule has 0 saturated carbocycles. The summed E-state index contributed by atoms with van der Waals surface area (Å²) >= 11 is 2.95. The molecule has 0 atom stereocenters. The van der Waals surface area contributed by atoms with Crippen molar-refractivity contribution in [3.8, 4) is 6.07 Å². The molecule has 0 aliphatic heterocycles. The van der Waals surface area contributed by atoms with Crippen LogP contribution in [0.4, 0.5) is 8.78 Å². The highest BCUT2D eigenvalue weighted by Gasteiger charge is 2.22. The second-order valence-corrected chi connectivity index (χ2v) is 3.33. The fourth-order valence-corrected chi connectivity index (χ4v) is 1.78.